The fraction of sp³-hybridized carbons (Fsp3) is 0.231. The number of hydrogen-bond donors (Lipinski definition) is 2. The van der Waals surface area contributed by atoms with Crippen LogP contribution in [0.15, 0.2) is 77.3 Å². The number of anilines is 1. The van der Waals surface area contributed by atoms with Crippen LogP contribution in [-0.4, -0.2) is 18.4 Å². The van der Waals surface area contributed by atoms with Gasteiger partial charge in [-0.25, -0.2) is 0 Å². The summed E-state index contributed by atoms with van der Waals surface area (Å²) in [6.07, 6.45) is 0.890. The van der Waals surface area contributed by atoms with E-state index >= 15 is 0 Å². The maximum atomic E-state index is 13.1. The predicted molar refractivity (Wildman–Crippen MR) is 131 cm³/mol. The molecule has 0 unspecified atom stereocenters. The second-order valence-corrected chi connectivity index (χ2v) is 8.76. The van der Waals surface area contributed by atoms with Crippen molar-refractivity contribution >= 4 is 33.4 Å². The Hall–Kier alpha value is -3.12. The average Bonchev–Trinajstić information content (AvgIpc) is 2.79. The van der Waals surface area contributed by atoms with Crippen molar-refractivity contribution in [1.29, 1.82) is 0 Å². The van der Waals surface area contributed by atoms with E-state index < -0.39 is 0 Å². The number of hydrogen-bond acceptors (Lipinski definition) is 3. The second kappa shape index (κ2) is 11.5. The predicted octanol–water partition coefficient (Wildman–Crippen LogP) is 6.06. The van der Waals surface area contributed by atoms with Crippen molar-refractivity contribution < 1.29 is 14.3 Å². The molecule has 0 aliphatic rings. The number of benzene rings is 3. The zero-order chi connectivity index (χ0) is 22.9. The lowest BCUT2D eigenvalue weighted by atomic mass is 10.1. The molecule has 3 aromatic rings. The first kappa shape index (κ1) is 23.5. The molecule has 0 heterocycles. The molecule has 3 rings (SSSR count). The summed E-state index contributed by atoms with van der Waals surface area (Å²) in [5.74, 6) is 0.419. The van der Waals surface area contributed by atoms with Gasteiger partial charge in [0.05, 0.1) is 23.4 Å². The SMILES string of the molecule is CC(C)CCOc1ccc(Br)cc1C(=O)Nc1ccccc1C(=O)NCc1ccccc1. The molecule has 2 N–H and O–H groups in total. The normalized spacial score (nSPS) is 10.6. The first-order valence-electron chi connectivity index (χ1n) is 10.6. The highest BCUT2D eigenvalue weighted by Gasteiger charge is 2.17. The van der Waals surface area contributed by atoms with Gasteiger partial charge in [-0.2, -0.15) is 0 Å². The third-order valence-corrected chi connectivity index (χ3v) is 5.35. The van der Waals surface area contributed by atoms with Crippen LogP contribution in [0.1, 0.15) is 46.5 Å². The number of para-hydroxylation sites is 1. The van der Waals surface area contributed by atoms with Gasteiger partial charge in [0.25, 0.3) is 11.8 Å². The Labute approximate surface area is 197 Å². The Bertz CT molecular complexity index is 1070. The molecule has 3 aromatic carbocycles. The zero-order valence-corrected chi connectivity index (χ0v) is 19.8. The molecule has 6 heteroatoms. The van der Waals surface area contributed by atoms with Crippen LogP contribution in [0.2, 0.25) is 0 Å². The van der Waals surface area contributed by atoms with Crippen LogP contribution in [0.3, 0.4) is 0 Å². The number of carbonyl (C=O) groups excluding carboxylic acids is 2. The van der Waals surface area contributed by atoms with E-state index in [1.807, 2.05) is 36.4 Å². The molecule has 0 spiro atoms. The molecule has 5 nitrogen and oxygen atoms in total. The minimum atomic E-state index is -0.339. The highest BCUT2D eigenvalue weighted by molar-refractivity contribution is 9.10. The van der Waals surface area contributed by atoms with Gasteiger partial charge in [0.15, 0.2) is 0 Å². The summed E-state index contributed by atoms with van der Waals surface area (Å²) >= 11 is 3.42. The Morgan fingerprint density at radius 3 is 2.38 bits per heavy atom. The van der Waals surface area contributed by atoms with E-state index in [2.05, 4.69) is 40.4 Å². The van der Waals surface area contributed by atoms with Gasteiger partial charge >= 0.3 is 0 Å². The first-order valence-corrected chi connectivity index (χ1v) is 11.4. The van der Waals surface area contributed by atoms with E-state index in [0.29, 0.717) is 41.6 Å². The van der Waals surface area contributed by atoms with E-state index in [9.17, 15) is 9.59 Å². The minimum Gasteiger partial charge on any atom is -0.493 e. The van der Waals surface area contributed by atoms with Gasteiger partial charge in [-0.05, 0) is 48.2 Å². The van der Waals surface area contributed by atoms with Crippen LogP contribution in [0.4, 0.5) is 5.69 Å². The molecule has 0 saturated heterocycles. The van der Waals surface area contributed by atoms with Gasteiger partial charge in [-0.3, -0.25) is 9.59 Å². The molecular weight excluding hydrogens is 468 g/mol. The summed E-state index contributed by atoms with van der Waals surface area (Å²) < 4.78 is 6.64. The van der Waals surface area contributed by atoms with Crippen molar-refractivity contribution in [3.63, 3.8) is 0 Å². The van der Waals surface area contributed by atoms with Crippen LogP contribution in [-0.2, 0) is 6.54 Å². The van der Waals surface area contributed by atoms with Crippen molar-refractivity contribution in [2.24, 2.45) is 5.92 Å². The molecule has 0 fully saturated rings. The van der Waals surface area contributed by atoms with Crippen LogP contribution in [0, 0.1) is 5.92 Å². The molecule has 0 atom stereocenters. The van der Waals surface area contributed by atoms with E-state index in [-0.39, 0.29) is 11.8 Å². The second-order valence-electron chi connectivity index (χ2n) is 7.84. The Morgan fingerprint density at radius 1 is 0.906 bits per heavy atom. The molecule has 0 aromatic heterocycles. The van der Waals surface area contributed by atoms with Crippen LogP contribution in [0.25, 0.3) is 0 Å². The number of amides is 2. The van der Waals surface area contributed by atoms with Crippen molar-refractivity contribution in [1.82, 2.24) is 5.32 Å². The number of carbonyl (C=O) groups is 2. The van der Waals surface area contributed by atoms with E-state index in [1.54, 1.807) is 36.4 Å². The molecule has 0 radical (unpaired) electrons. The Balaban J connectivity index is 1.74. The van der Waals surface area contributed by atoms with Crippen molar-refractivity contribution in [2.75, 3.05) is 11.9 Å². The maximum absolute atomic E-state index is 13.1. The summed E-state index contributed by atoms with van der Waals surface area (Å²) in [6, 6.07) is 22.0. The quantitative estimate of drug-likeness (QED) is 0.380. The summed E-state index contributed by atoms with van der Waals surface area (Å²) in [7, 11) is 0. The highest BCUT2D eigenvalue weighted by Crippen LogP contribution is 2.26. The highest BCUT2D eigenvalue weighted by atomic mass is 79.9. The standard InChI is InChI=1S/C26H27BrN2O3/c1-18(2)14-15-32-24-13-12-20(27)16-22(24)26(31)29-23-11-7-6-10-21(23)25(30)28-17-19-8-4-3-5-9-19/h3-13,16,18H,14-15,17H2,1-2H3,(H,28,30)(H,29,31). The van der Waals surface area contributed by atoms with Gasteiger partial charge in [0.2, 0.25) is 0 Å². The van der Waals surface area contributed by atoms with Gasteiger partial charge in [-0.1, -0.05) is 72.2 Å². The fourth-order valence-electron chi connectivity index (χ4n) is 3.06. The molecule has 0 aliphatic carbocycles. The molecule has 32 heavy (non-hydrogen) atoms. The summed E-state index contributed by atoms with van der Waals surface area (Å²) in [5, 5.41) is 5.78. The van der Waals surface area contributed by atoms with Crippen LogP contribution in [0.5, 0.6) is 5.75 Å². The lowest BCUT2D eigenvalue weighted by Gasteiger charge is -2.15. The van der Waals surface area contributed by atoms with E-state index in [0.717, 1.165) is 16.5 Å². The zero-order valence-electron chi connectivity index (χ0n) is 18.2. The third-order valence-electron chi connectivity index (χ3n) is 4.85. The summed E-state index contributed by atoms with van der Waals surface area (Å²) in [5.41, 5.74) is 2.24. The number of rotatable bonds is 9. The maximum Gasteiger partial charge on any atom is 0.259 e. The molecule has 0 aliphatic heterocycles. The molecule has 166 valence electrons. The third kappa shape index (κ3) is 6.69. The summed E-state index contributed by atoms with van der Waals surface area (Å²) in [4.78, 5) is 25.9. The lowest BCUT2D eigenvalue weighted by molar-refractivity contribution is 0.0952. The molecule has 0 bridgehead atoms. The van der Waals surface area contributed by atoms with Gasteiger partial charge in [-0.15, -0.1) is 0 Å². The first-order chi connectivity index (χ1) is 15.4. The monoisotopic (exact) mass is 494 g/mol. The van der Waals surface area contributed by atoms with Gasteiger partial charge in [0.1, 0.15) is 5.75 Å². The Kier molecular flexibility index (Phi) is 8.45. The van der Waals surface area contributed by atoms with Crippen LogP contribution >= 0.6 is 15.9 Å². The summed E-state index contributed by atoms with van der Waals surface area (Å²) in [6.45, 7) is 5.18. The van der Waals surface area contributed by atoms with E-state index in [4.69, 9.17) is 4.74 Å². The van der Waals surface area contributed by atoms with Gasteiger partial charge in [0, 0.05) is 11.0 Å². The number of nitrogens with one attached hydrogen (secondary N) is 2. The minimum absolute atomic E-state index is 0.257. The molecule has 2 amide bonds. The number of halogens is 1. The van der Waals surface area contributed by atoms with Gasteiger partial charge < -0.3 is 15.4 Å². The smallest absolute Gasteiger partial charge is 0.259 e. The van der Waals surface area contributed by atoms with Crippen LogP contribution < -0.4 is 15.4 Å². The Morgan fingerprint density at radius 2 is 1.62 bits per heavy atom. The topological polar surface area (TPSA) is 67.4 Å². The number of ether oxygens (including phenoxy) is 1. The van der Waals surface area contributed by atoms with E-state index in [1.165, 1.54) is 0 Å². The largest absolute Gasteiger partial charge is 0.493 e. The van der Waals surface area contributed by atoms with Crippen molar-refractivity contribution in [3.8, 4) is 5.75 Å². The molecule has 0 saturated carbocycles. The lowest BCUT2D eigenvalue weighted by Crippen LogP contribution is -2.25. The van der Waals surface area contributed by atoms with Crippen molar-refractivity contribution in [2.45, 2.75) is 26.8 Å². The average molecular weight is 495 g/mol. The van der Waals surface area contributed by atoms with Crippen molar-refractivity contribution in [3.05, 3.63) is 94.0 Å². The molecular formula is C26H27BrN2O3. The fourth-order valence-corrected chi connectivity index (χ4v) is 3.42.